The van der Waals surface area contributed by atoms with E-state index in [-0.39, 0.29) is 23.8 Å². The third-order valence-corrected chi connectivity index (χ3v) is 1.03. The van der Waals surface area contributed by atoms with Crippen molar-refractivity contribution in [2.24, 2.45) is 22.9 Å². The molecule has 0 radical (unpaired) electrons. The summed E-state index contributed by atoms with van der Waals surface area (Å²) in [5, 5.41) is 41.8. The molecule has 0 atom stereocenters. The molecule has 0 rings (SSSR count). The Balaban J connectivity index is -0.000000276. The zero-order chi connectivity index (χ0) is 19.7. The maximum atomic E-state index is 9.55. The summed E-state index contributed by atoms with van der Waals surface area (Å²) in [5.74, 6) is -3.62. The van der Waals surface area contributed by atoms with Crippen LogP contribution in [0.3, 0.4) is 0 Å². The first-order valence-electron chi connectivity index (χ1n) is 5.42. The van der Waals surface area contributed by atoms with Gasteiger partial charge in [0.15, 0.2) is 0 Å². The van der Waals surface area contributed by atoms with E-state index in [0.717, 1.165) is 0 Å². The minimum Gasteiger partial charge on any atom is -0.478 e. The first-order valence-corrected chi connectivity index (χ1v) is 5.42. The molecule has 16 heteroatoms. The summed E-state index contributed by atoms with van der Waals surface area (Å²) in [6.07, 6.45) is 1.12. The van der Waals surface area contributed by atoms with E-state index in [1.54, 1.807) is 0 Å². The average Bonchev–Trinajstić information content (AvgIpc) is 2.42. The highest BCUT2D eigenvalue weighted by atomic mass is 16.4. The molecule has 0 spiro atoms. The molecule has 0 amide bonds. The van der Waals surface area contributed by atoms with E-state index < -0.39 is 11.9 Å². The fourth-order valence-electron chi connectivity index (χ4n) is 0.412. The van der Waals surface area contributed by atoms with Gasteiger partial charge in [0.25, 0.3) is 0 Å². The van der Waals surface area contributed by atoms with E-state index in [0.29, 0.717) is 12.2 Å². The predicted molar refractivity (Wildman–Crippen MR) is 84.6 cm³/mol. The molecule has 0 aliphatic heterocycles. The maximum absolute atomic E-state index is 9.55. The molecule has 0 aliphatic carbocycles. The lowest BCUT2D eigenvalue weighted by Crippen LogP contribution is -2.47. The highest BCUT2D eigenvalue weighted by Crippen LogP contribution is 1.70. The van der Waals surface area contributed by atoms with Crippen LogP contribution in [0.5, 0.6) is 0 Å². The molecule has 0 fully saturated rings. The molecule has 0 saturated carbocycles. The Morgan fingerprint density at radius 1 is 0.625 bits per heavy atom. The van der Waals surface area contributed by atoms with Crippen LogP contribution in [0.2, 0.25) is 0 Å². The zero-order valence-electron chi connectivity index (χ0n) is 12.2. The number of carboxylic acids is 2. The first-order chi connectivity index (χ1) is 10.9. The number of nitrogens with one attached hydrogen (secondary N) is 8. The molecule has 136 valence electrons. The quantitative estimate of drug-likeness (QED) is 0.0969. The van der Waals surface area contributed by atoms with Gasteiger partial charge in [-0.15, -0.1) is 0 Å². The van der Waals surface area contributed by atoms with E-state index in [9.17, 15) is 9.59 Å². The zero-order valence-corrected chi connectivity index (χ0v) is 12.2. The minimum absolute atomic E-state index is 0.278. The van der Waals surface area contributed by atoms with Crippen LogP contribution < -0.4 is 44.6 Å². The molecular weight excluding hydrogens is 328 g/mol. The SMILES string of the molecule is N=C(N)NNC(=N)N.N=C(N)NNC(=N)N.O=C(O)/C=C/C(=O)O. The molecule has 0 bridgehead atoms. The Morgan fingerprint density at radius 3 is 0.875 bits per heavy atom. The van der Waals surface area contributed by atoms with Crippen molar-refractivity contribution in [1.82, 2.24) is 21.7 Å². The monoisotopic (exact) mass is 348 g/mol. The van der Waals surface area contributed by atoms with Gasteiger partial charge >= 0.3 is 11.9 Å². The third kappa shape index (κ3) is 43.1. The van der Waals surface area contributed by atoms with Gasteiger partial charge in [0, 0.05) is 12.2 Å². The summed E-state index contributed by atoms with van der Waals surface area (Å²) in [6, 6.07) is 0. The van der Waals surface area contributed by atoms with Gasteiger partial charge in [-0.3, -0.25) is 43.3 Å². The lowest BCUT2D eigenvalue weighted by molar-refractivity contribution is -0.134. The fourth-order valence-corrected chi connectivity index (χ4v) is 0.412. The van der Waals surface area contributed by atoms with Crippen molar-refractivity contribution in [3.63, 3.8) is 0 Å². The van der Waals surface area contributed by atoms with Crippen LogP contribution in [-0.2, 0) is 9.59 Å². The smallest absolute Gasteiger partial charge is 0.328 e. The summed E-state index contributed by atoms with van der Waals surface area (Å²) in [5.41, 5.74) is 27.6. The van der Waals surface area contributed by atoms with Crippen molar-refractivity contribution in [3.05, 3.63) is 12.2 Å². The minimum atomic E-state index is -1.26. The van der Waals surface area contributed by atoms with E-state index in [1.165, 1.54) is 0 Å². The Hall–Kier alpha value is -4.24. The summed E-state index contributed by atoms with van der Waals surface area (Å²) < 4.78 is 0. The molecule has 0 heterocycles. The van der Waals surface area contributed by atoms with Crippen LogP contribution >= 0.6 is 0 Å². The highest BCUT2D eigenvalue weighted by molar-refractivity contribution is 5.89. The van der Waals surface area contributed by atoms with Crippen LogP contribution in [0.25, 0.3) is 0 Å². The number of carboxylic acid groups (broad SMARTS) is 2. The molecule has 18 N–H and O–H groups in total. The number of hydrogen-bond donors (Lipinski definition) is 14. The van der Waals surface area contributed by atoms with E-state index in [1.807, 2.05) is 0 Å². The van der Waals surface area contributed by atoms with Crippen molar-refractivity contribution in [2.75, 3.05) is 0 Å². The largest absolute Gasteiger partial charge is 0.478 e. The highest BCUT2D eigenvalue weighted by Gasteiger charge is 1.88. The Labute approximate surface area is 135 Å². The number of hydrogen-bond acceptors (Lipinski definition) is 6. The molecule has 0 saturated heterocycles. The van der Waals surface area contributed by atoms with Gasteiger partial charge < -0.3 is 33.1 Å². The van der Waals surface area contributed by atoms with Crippen molar-refractivity contribution >= 4 is 35.8 Å². The summed E-state index contributed by atoms with van der Waals surface area (Å²) in [4.78, 5) is 19.1. The Morgan fingerprint density at radius 2 is 0.792 bits per heavy atom. The van der Waals surface area contributed by atoms with Gasteiger partial charge in [-0.25, -0.2) is 9.59 Å². The molecule has 24 heavy (non-hydrogen) atoms. The number of hydrazine groups is 2. The van der Waals surface area contributed by atoms with Gasteiger partial charge in [0.1, 0.15) is 0 Å². The number of aliphatic carboxylic acids is 2. The molecule has 0 aliphatic rings. The number of guanidine groups is 4. The van der Waals surface area contributed by atoms with Crippen LogP contribution in [-0.4, -0.2) is 46.0 Å². The first kappa shape index (κ1) is 24.8. The second-order valence-corrected chi connectivity index (χ2v) is 3.16. The lowest BCUT2D eigenvalue weighted by atomic mass is 10.5. The predicted octanol–water partition coefficient (Wildman–Crippen LogP) is -4.55. The molecule has 0 aromatic rings. The second-order valence-electron chi connectivity index (χ2n) is 3.16. The number of carbonyl (C=O) groups is 2. The van der Waals surface area contributed by atoms with Crippen molar-refractivity contribution in [2.45, 2.75) is 0 Å². The van der Waals surface area contributed by atoms with Gasteiger partial charge in [-0.05, 0) is 0 Å². The van der Waals surface area contributed by atoms with E-state index in [4.69, 9.17) is 54.8 Å². The van der Waals surface area contributed by atoms with Crippen LogP contribution in [0.1, 0.15) is 0 Å². The van der Waals surface area contributed by atoms with E-state index in [2.05, 4.69) is 21.7 Å². The van der Waals surface area contributed by atoms with Gasteiger partial charge in [0.2, 0.25) is 23.8 Å². The number of nitrogens with two attached hydrogens (primary N) is 4. The summed E-state index contributed by atoms with van der Waals surface area (Å²) in [7, 11) is 0. The molecule has 16 nitrogen and oxygen atoms in total. The van der Waals surface area contributed by atoms with Crippen LogP contribution in [0, 0.1) is 21.6 Å². The maximum Gasteiger partial charge on any atom is 0.328 e. The van der Waals surface area contributed by atoms with Crippen molar-refractivity contribution in [1.29, 1.82) is 21.6 Å². The molecule has 0 unspecified atom stereocenters. The molecular formula is C8H20N12O4. The van der Waals surface area contributed by atoms with Gasteiger partial charge in [-0.1, -0.05) is 0 Å². The molecule has 0 aromatic heterocycles. The van der Waals surface area contributed by atoms with Gasteiger partial charge in [0.05, 0.1) is 0 Å². The number of rotatable bonds is 2. The standard InChI is InChI=1S/C4H4O4.2C2H8N6/c5-3(6)1-2-4(7)8;2*3-1(4)7-8-2(5)6/h1-2H,(H,5,6)(H,7,8);2*(H4,3,4,7)(H4,5,6,8)/b2-1+;;. The Bertz CT molecular complexity index is 429. The fraction of sp³-hybridized carbons (Fsp3) is 0. The van der Waals surface area contributed by atoms with Crippen molar-refractivity contribution < 1.29 is 19.8 Å². The van der Waals surface area contributed by atoms with Crippen LogP contribution in [0.15, 0.2) is 12.2 Å². The Kier molecular flexibility index (Phi) is 15.6. The topological polar surface area (TPSA) is 322 Å². The summed E-state index contributed by atoms with van der Waals surface area (Å²) >= 11 is 0. The molecule has 0 aromatic carbocycles. The van der Waals surface area contributed by atoms with E-state index >= 15 is 0 Å². The second kappa shape index (κ2) is 15.2. The normalized spacial score (nSPS) is 8.17. The summed E-state index contributed by atoms with van der Waals surface area (Å²) in [6.45, 7) is 0. The third-order valence-electron chi connectivity index (χ3n) is 1.03. The average molecular weight is 348 g/mol. The van der Waals surface area contributed by atoms with Crippen molar-refractivity contribution in [3.8, 4) is 0 Å². The lowest BCUT2D eigenvalue weighted by Gasteiger charge is -2.02. The van der Waals surface area contributed by atoms with Gasteiger partial charge in [-0.2, -0.15) is 0 Å². The van der Waals surface area contributed by atoms with Crippen LogP contribution in [0.4, 0.5) is 0 Å².